The third-order valence-electron chi connectivity index (χ3n) is 4.53. The number of methoxy groups -OCH3 is 1. The number of nitrogens with zero attached hydrogens (tertiary/aromatic N) is 2. The minimum absolute atomic E-state index is 0.0139. The van der Waals surface area contributed by atoms with E-state index in [1.807, 2.05) is 0 Å². The second kappa shape index (κ2) is 9.03. The van der Waals surface area contributed by atoms with E-state index in [1.165, 1.54) is 36.3 Å². The summed E-state index contributed by atoms with van der Waals surface area (Å²) in [6.45, 7) is -0.380. The fourth-order valence-corrected chi connectivity index (χ4v) is 3.01. The quantitative estimate of drug-likeness (QED) is 0.418. The molecule has 1 fully saturated rings. The van der Waals surface area contributed by atoms with Crippen LogP contribution in [0.3, 0.4) is 0 Å². The molecule has 1 heterocycles. The van der Waals surface area contributed by atoms with Gasteiger partial charge in [0, 0.05) is 42.5 Å². The number of carbonyl (C=O) groups is 3. The van der Waals surface area contributed by atoms with Crippen LogP contribution in [-0.2, 0) is 19.1 Å². The first kappa shape index (κ1) is 20.8. The maximum atomic E-state index is 12.3. The molecule has 0 aromatic heterocycles. The largest absolute Gasteiger partial charge is 0.497 e. The number of amides is 2. The molecule has 1 unspecified atom stereocenters. The van der Waals surface area contributed by atoms with Crippen LogP contribution in [0.5, 0.6) is 5.75 Å². The number of nitrogens with one attached hydrogen (secondary N) is 1. The van der Waals surface area contributed by atoms with Gasteiger partial charge in [-0.3, -0.25) is 24.5 Å². The van der Waals surface area contributed by atoms with Crippen LogP contribution in [-0.4, -0.2) is 43.0 Å². The van der Waals surface area contributed by atoms with E-state index in [2.05, 4.69) is 5.32 Å². The zero-order valence-electron chi connectivity index (χ0n) is 16.1. The minimum Gasteiger partial charge on any atom is -0.497 e. The lowest BCUT2D eigenvalue weighted by Crippen LogP contribution is -2.28. The Kier molecular flexibility index (Phi) is 6.26. The summed E-state index contributed by atoms with van der Waals surface area (Å²) in [7, 11) is 1.52. The summed E-state index contributed by atoms with van der Waals surface area (Å²) in [5.41, 5.74) is 0.846. The van der Waals surface area contributed by atoms with Gasteiger partial charge in [-0.1, -0.05) is 6.07 Å². The molecule has 1 N–H and O–H groups in total. The van der Waals surface area contributed by atoms with E-state index in [0.717, 1.165) is 0 Å². The molecule has 2 aromatic rings. The molecule has 10 nitrogen and oxygen atoms in total. The smallest absolute Gasteiger partial charge is 0.311 e. The highest BCUT2D eigenvalue weighted by Gasteiger charge is 2.36. The lowest BCUT2D eigenvalue weighted by molar-refractivity contribution is -0.384. The van der Waals surface area contributed by atoms with Crippen molar-refractivity contribution in [2.24, 2.45) is 5.92 Å². The minimum atomic E-state index is -0.684. The number of hydrogen-bond acceptors (Lipinski definition) is 7. The average Bonchev–Trinajstić information content (AvgIpc) is 3.14. The number of ether oxygens (including phenoxy) is 2. The first-order valence-electron chi connectivity index (χ1n) is 9.02. The van der Waals surface area contributed by atoms with E-state index in [0.29, 0.717) is 17.1 Å². The number of nitro groups is 1. The SMILES string of the molecule is COc1cccc(N2CC(C(=O)OCC(=O)Nc3ccc([N+](=O)[O-])cc3)CC2=O)c1. The Labute approximate surface area is 171 Å². The molecule has 1 aliphatic rings. The second-order valence-electron chi connectivity index (χ2n) is 6.57. The molecule has 2 aromatic carbocycles. The predicted octanol–water partition coefficient (Wildman–Crippen LogP) is 2.14. The van der Waals surface area contributed by atoms with Crippen molar-refractivity contribution in [1.29, 1.82) is 0 Å². The van der Waals surface area contributed by atoms with E-state index in [4.69, 9.17) is 9.47 Å². The van der Waals surface area contributed by atoms with Crippen LogP contribution in [0.4, 0.5) is 17.1 Å². The fourth-order valence-electron chi connectivity index (χ4n) is 3.01. The van der Waals surface area contributed by atoms with Gasteiger partial charge >= 0.3 is 5.97 Å². The van der Waals surface area contributed by atoms with E-state index >= 15 is 0 Å². The number of carbonyl (C=O) groups excluding carboxylic acids is 3. The van der Waals surface area contributed by atoms with Gasteiger partial charge in [-0.2, -0.15) is 0 Å². The molecular formula is C20H19N3O7. The van der Waals surface area contributed by atoms with Gasteiger partial charge < -0.3 is 19.7 Å². The summed E-state index contributed by atoms with van der Waals surface area (Å²) < 4.78 is 10.2. The van der Waals surface area contributed by atoms with Gasteiger partial charge in [-0.15, -0.1) is 0 Å². The van der Waals surface area contributed by atoms with Gasteiger partial charge in [0.05, 0.1) is 18.0 Å². The number of anilines is 2. The van der Waals surface area contributed by atoms with Crippen LogP contribution < -0.4 is 15.0 Å². The van der Waals surface area contributed by atoms with Gasteiger partial charge in [0.2, 0.25) is 5.91 Å². The molecule has 0 radical (unpaired) electrons. The lowest BCUT2D eigenvalue weighted by atomic mass is 10.1. The van der Waals surface area contributed by atoms with Crippen LogP contribution >= 0.6 is 0 Å². The van der Waals surface area contributed by atoms with Gasteiger partial charge in [-0.25, -0.2) is 0 Å². The van der Waals surface area contributed by atoms with Gasteiger partial charge in [0.1, 0.15) is 5.75 Å². The molecular weight excluding hydrogens is 394 g/mol. The molecule has 0 saturated carbocycles. The Morgan fingerprint density at radius 2 is 1.97 bits per heavy atom. The normalized spacial score (nSPS) is 15.6. The van der Waals surface area contributed by atoms with Gasteiger partial charge in [0.25, 0.3) is 11.6 Å². The van der Waals surface area contributed by atoms with Crippen molar-refractivity contribution in [2.75, 3.05) is 30.5 Å². The molecule has 10 heteroatoms. The number of non-ortho nitro benzene ring substituents is 1. The lowest BCUT2D eigenvalue weighted by Gasteiger charge is -2.17. The average molecular weight is 413 g/mol. The van der Waals surface area contributed by atoms with E-state index in [9.17, 15) is 24.5 Å². The van der Waals surface area contributed by atoms with Crippen LogP contribution in [0.15, 0.2) is 48.5 Å². The first-order chi connectivity index (χ1) is 14.4. The van der Waals surface area contributed by atoms with E-state index < -0.39 is 29.3 Å². The highest BCUT2D eigenvalue weighted by Crippen LogP contribution is 2.28. The molecule has 0 aliphatic carbocycles. The number of rotatable bonds is 7. The molecule has 1 saturated heterocycles. The van der Waals surface area contributed by atoms with Crippen LogP contribution in [0, 0.1) is 16.0 Å². The third-order valence-corrected chi connectivity index (χ3v) is 4.53. The molecule has 0 spiro atoms. The van der Waals surface area contributed by atoms with Crippen LogP contribution in [0.1, 0.15) is 6.42 Å². The fraction of sp³-hybridized carbons (Fsp3) is 0.250. The maximum Gasteiger partial charge on any atom is 0.311 e. The zero-order valence-corrected chi connectivity index (χ0v) is 16.1. The van der Waals surface area contributed by atoms with Crippen molar-refractivity contribution >= 4 is 34.8 Å². The number of hydrogen-bond donors (Lipinski definition) is 1. The molecule has 156 valence electrons. The Bertz CT molecular complexity index is 975. The standard InChI is InChI=1S/C20H19N3O7/c1-29-17-4-2-3-16(10-17)22-11-13(9-19(22)25)20(26)30-12-18(24)21-14-5-7-15(8-6-14)23(27)28/h2-8,10,13H,9,11-12H2,1H3,(H,21,24). The summed E-state index contributed by atoms with van der Waals surface area (Å²) in [6.07, 6.45) is -0.0139. The van der Waals surface area contributed by atoms with Crippen molar-refractivity contribution in [2.45, 2.75) is 6.42 Å². The van der Waals surface area contributed by atoms with Crippen LogP contribution in [0.2, 0.25) is 0 Å². The van der Waals surface area contributed by atoms with Crippen molar-refractivity contribution in [3.05, 3.63) is 58.6 Å². The Morgan fingerprint density at radius 3 is 2.63 bits per heavy atom. The molecule has 2 amide bonds. The summed E-state index contributed by atoms with van der Waals surface area (Å²) in [5.74, 6) is -1.55. The Balaban J connectivity index is 1.51. The van der Waals surface area contributed by atoms with Crippen molar-refractivity contribution < 1.29 is 28.8 Å². The van der Waals surface area contributed by atoms with Crippen molar-refractivity contribution in [3.63, 3.8) is 0 Å². The molecule has 3 rings (SSSR count). The van der Waals surface area contributed by atoms with E-state index in [-0.39, 0.29) is 24.6 Å². The van der Waals surface area contributed by atoms with E-state index in [1.54, 1.807) is 24.3 Å². The van der Waals surface area contributed by atoms with Gasteiger partial charge in [0.15, 0.2) is 6.61 Å². The molecule has 0 bridgehead atoms. The number of benzene rings is 2. The first-order valence-corrected chi connectivity index (χ1v) is 9.02. The summed E-state index contributed by atoms with van der Waals surface area (Å²) >= 11 is 0. The molecule has 1 atom stereocenters. The molecule has 1 aliphatic heterocycles. The monoisotopic (exact) mass is 413 g/mol. The highest BCUT2D eigenvalue weighted by molar-refractivity contribution is 6.00. The number of nitro benzene ring substituents is 1. The zero-order chi connectivity index (χ0) is 21.7. The van der Waals surface area contributed by atoms with Gasteiger partial charge in [-0.05, 0) is 24.3 Å². The van der Waals surface area contributed by atoms with Crippen molar-refractivity contribution in [3.8, 4) is 5.75 Å². The summed E-state index contributed by atoms with van der Waals surface area (Å²) in [6, 6.07) is 12.2. The number of esters is 1. The Hall–Kier alpha value is -3.95. The Morgan fingerprint density at radius 1 is 1.23 bits per heavy atom. The second-order valence-corrected chi connectivity index (χ2v) is 6.57. The molecule has 30 heavy (non-hydrogen) atoms. The van der Waals surface area contributed by atoms with Crippen molar-refractivity contribution in [1.82, 2.24) is 0 Å². The summed E-state index contributed by atoms with van der Waals surface area (Å²) in [5, 5.41) is 13.1. The predicted molar refractivity (Wildman–Crippen MR) is 106 cm³/mol. The van der Waals surface area contributed by atoms with Crippen LogP contribution in [0.25, 0.3) is 0 Å². The summed E-state index contributed by atoms with van der Waals surface area (Å²) in [4.78, 5) is 48.1. The maximum absolute atomic E-state index is 12.3. The highest BCUT2D eigenvalue weighted by atomic mass is 16.6. The third kappa shape index (κ3) is 4.90. The topological polar surface area (TPSA) is 128 Å².